The zero-order valence-electron chi connectivity index (χ0n) is 11.8. The third kappa shape index (κ3) is 3.72. The highest BCUT2D eigenvalue weighted by Gasteiger charge is 2.23. The smallest absolute Gasteiger partial charge is 0.227 e. The molecule has 0 bridgehead atoms. The monoisotopic (exact) mass is 260 g/mol. The quantitative estimate of drug-likeness (QED) is 0.849. The number of carbonyl (C=O) groups excluding carboxylic acids is 1. The minimum absolute atomic E-state index is 0.263. The normalized spacial score (nSPS) is 20.1. The largest absolute Gasteiger partial charge is 0.399 e. The molecule has 0 radical (unpaired) electrons. The molecule has 1 aromatic carbocycles. The molecule has 1 aliphatic heterocycles. The number of nitrogen functional groups attached to an aromatic ring is 1. The molecule has 0 aliphatic carbocycles. The Morgan fingerprint density at radius 3 is 2.68 bits per heavy atom. The average molecular weight is 260 g/mol. The van der Waals surface area contributed by atoms with Gasteiger partial charge in [-0.15, -0.1) is 0 Å². The predicted molar refractivity (Wildman–Crippen MR) is 78.8 cm³/mol. The van der Waals surface area contributed by atoms with Crippen LogP contribution in [0.15, 0.2) is 24.3 Å². The molecule has 1 heterocycles. The highest BCUT2D eigenvalue weighted by Crippen LogP contribution is 2.20. The van der Waals surface area contributed by atoms with Crippen LogP contribution in [0, 0.1) is 0 Å². The molecule has 1 saturated heterocycles. The molecule has 0 unspecified atom stereocenters. The van der Waals surface area contributed by atoms with E-state index in [1.165, 1.54) is 12.8 Å². The lowest BCUT2D eigenvalue weighted by Gasteiger charge is -2.29. The highest BCUT2D eigenvalue weighted by atomic mass is 16.2. The molecule has 0 saturated carbocycles. The van der Waals surface area contributed by atoms with Gasteiger partial charge in [0.15, 0.2) is 0 Å². The Hall–Kier alpha value is -1.51. The predicted octanol–water partition coefficient (Wildman–Crippen LogP) is 2.99. The number of anilines is 1. The lowest BCUT2D eigenvalue weighted by atomic mass is 10.1. The van der Waals surface area contributed by atoms with Gasteiger partial charge >= 0.3 is 0 Å². The van der Waals surface area contributed by atoms with E-state index in [9.17, 15) is 4.79 Å². The second-order valence-corrected chi connectivity index (χ2v) is 5.42. The Labute approximate surface area is 115 Å². The third-order valence-corrected chi connectivity index (χ3v) is 4.00. The second kappa shape index (κ2) is 6.60. The number of rotatable bonds is 3. The van der Waals surface area contributed by atoms with Crippen LogP contribution >= 0.6 is 0 Å². The zero-order valence-corrected chi connectivity index (χ0v) is 11.8. The molecule has 1 amide bonds. The summed E-state index contributed by atoms with van der Waals surface area (Å²) in [6, 6.07) is 8.06. The van der Waals surface area contributed by atoms with Crippen molar-refractivity contribution in [2.45, 2.75) is 51.5 Å². The number of hydrogen-bond acceptors (Lipinski definition) is 2. The Morgan fingerprint density at radius 2 is 2.00 bits per heavy atom. The van der Waals surface area contributed by atoms with Crippen LogP contribution in [-0.4, -0.2) is 23.4 Å². The maximum absolute atomic E-state index is 12.5. The molecule has 3 nitrogen and oxygen atoms in total. The van der Waals surface area contributed by atoms with Gasteiger partial charge in [0.2, 0.25) is 5.91 Å². The summed E-state index contributed by atoms with van der Waals surface area (Å²) < 4.78 is 0. The Morgan fingerprint density at radius 1 is 1.26 bits per heavy atom. The molecule has 1 aromatic rings. The van der Waals surface area contributed by atoms with E-state index >= 15 is 0 Å². The number of benzene rings is 1. The summed E-state index contributed by atoms with van der Waals surface area (Å²) in [6.07, 6.45) is 6.37. The molecule has 2 rings (SSSR count). The molecule has 1 fully saturated rings. The van der Waals surface area contributed by atoms with Crippen molar-refractivity contribution in [2.75, 3.05) is 12.3 Å². The summed E-state index contributed by atoms with van der Waals surface area (Å²) in [5, 5.41) is 0. The fraction of sp³-hybridized carbons (Fsp3) is 0.562. The van der Waals surface area contributed by atoms with E-state index in [-0.39, 0.29) is 5.91 Å². The van der Waals surface area contributed by atoms with Crippen LogP contribution in [0.3, 0.4) is 0 Å². The molecular formula is C16H24N2O. The van der Waals surface area contributed by atoms with E-state index in [1.54, 1.807) is 0 Å². The number of nitrogens with zero attached hydrogens (tertiary/aromatic N) is 1. The van der Waals surface area contributed by atoms with Crippen molar-refractivity contribution in [3.8, 4) is 0 Å². The van der Waals surface area contributed by atoms with Gasteiger partial charge in [-0.2, -0.15) is 0 Å². The maximum atomic E-state index is 12.5. The minimum atomic E-state index is 0.263. The molecule has 1 atom stereocenters. The lowest BCUT2D eigenvalue weighted by Crippen LogP contribution is -2.40. The van der Waals surface area contributed by atoms with E-state index in [2.05, 4.69) is 11.8 Å². The number of likely N-dealkylation sites (tertiary alicyclic amines) is 1. The molecular weight excluding hydrogens is 236 g/mol. The van der Waals surface area contributed by atoms with Crippen molar-refractivity contribution in [3.63, 3.8) is 0 Å². The van der Waals surface area contributed by atoms with Gasteiger partial charge in [0.05, 0.1) is 6.42 Å². The molecule has 0 aromatic heterocycles. The average Bonchev–Trinajstić information content (AvgIpc) is 2.66. The Kier molecular flexibility index (Phi) is 4.83. The molecule has 2 N–H and O–H groups in total. The van der Waals surface area contributed by atoms with Crippen LogP contribution in [-0.2, 0) is 11.2 Å². The van der Waals surface area contributed by atoms with Crippen molar-refractivity contribution in [3.05, 3.63) is 29.8 Å². The minimum Gasteiger partial charge on any atom is -0.399 e. The molecule has 0 spiro atoms. The molecule has 19 heavy (non-hydrogen) atoms. The SMILES string of the molecule is CC[C@@H]1CCCCCN1C(=O)Cc1ccc(N)cc1. The van der Waals surface area contributed by atoms with Crippen molar-refractivity contribution in [1.82, 2.24) is 4.90 Å². The summed E-state index contributed by atoms with van der Waals surface area (Å²) in [7, 11) is 0. The fourth-order valence-electron chi connectivity index (χ4n) is 2.84. The van der Waals surface area contributed by atoms with Crippen LogP contribution in [0.2, 0.25) is 0 Å². The van der Waals surface area contributed by atoms with Gasteiger partial charge in [0.1, 0.15) is 0 Å². The van der Waals surface area contributed by atoms with Gasteiger partial charge in [-0.05, 0) is 37.0 Å². The number of nitrogens with two attached hydrogens (primary N) is 1. The van der Waals surface area contributed by atoms with Crippen molar-refractivity contribution in [1.29, 1.82) is 0 Å². The van der Waals surface area contributed by atoms with E-state index < -0.39 is 0 Å². The summed E-state index contributed by atoms with van der Waals surface area (Å²) in [5.74, 6) is 0.263. The van der Waals surface area contributed by atoms with Crippen molar-refractivity contribution in [2.24, 2.45) is 0 Å². The van der Waals surface area contributed by atoms with E-state index in [0.717, 1.165) is 37.1 Å². The first kappa shape index (κ1) is 13.9. The van der Waals surface area contributed by atoms with E-state index in [4.69, 9.17) is 5.73 Å². The summed E-state index contributed by atoms with van der Waals surface area (Å²) in [6.45, 7) is 3.10. The van der Waals surface area contributed by atoms with Crippen LogP contribution in [0.1, 0.15) is 44.6 Å². The van der Waals surface area contributed by atoms with Gasteiger partial charge in [0.25, 0.3) is 0 Å². The third-order valence-electron chi connectivity index (χ3n) is 4.00. The fourth-order valence-corrected chi connectivity index (χ4v) is 2.84. The topological polar surface area (TPSA) is 46.3 Å². The van der Waals surface area contributed by atoms with Gasteiger partial charge < -0.3 is 10.6 Å². The van der Waals surface area contributed by atoms with Crippen molar-refractivity contribution >= 4 is 11.6 Å². The van der Waals surface area contributed by atoms with Crippen LogP contribution in [0.25, 0.3) is 0 Å². The van der Waals surface area contributed by atoms with Gasteiger partial charge in [-0.25, -0.2) is 0 Å². The van der Waals surface area contributed by atoms with E-state index in [0.29, 0.717) is 12.5 Å². The summed E-state index contributed by atoms with van der Waals surface area (Å²) in [5.41, 5.74) is 7.47. The van der Waals surface area contributed by atoms with Crippen molar-refractivity contribution < 1.29 is 4.79 Å². The molecule has 104 valence electrons. The summed E-state index contributed by atoms with van der Waals surface area (Å²) in [4.78, 5) is 14.6. The number of amides is 1. The summed E-state index contributed by atoms with van der Waals surface area (Å²) >= 11 is 0. The number of hydrogen-bond donors (Lipinski definition) is 1. The maximum Gasteiger partial charge on any atom is 0.227 e. The first-order valence-electron chi connectivity index (χ1n) is 7.34. The van der Waals surface area contributed by atoms with Gasteiger partial charge in [-0.3, -0.25) is 4.79 Å². The first-order chi connectivity index (χ1) is 9.20. The molecule has 1 aliphatic rings. The van der Waals surface area contributed by atoms with Crippen LogP contribution in [0.4, 0.5) is 5.69 Å². The first-order valence-corrected chi connectivity index (χ1v) is 7.34. The Balaban J connectivity index is 2.02. The number of carbonyl (C=O) groups is 1. The standard InChI is InChI=1S/C16H24N2O/c1-2-15-6-4-3-5-11-18(15)16(19)12-13-7-9-14(17)10-8-13/h7-10,15H,2-6,11-12,17H2,1H3/t15-/m1/s1. The van der Waals surface area contributed by atoms with Crippen LogP contribution < -0.4 is 5.73 Å². The van der Waals surface area contributed by atoms with Gasteiger partial charge in [0, 0.05) is 18.3 Å². The highest BCUT2D eigenvalue weighted by molar-refractivity contribution is 5.79. The molecule has 3 heteroatoms. The van der Waals surface area contributed by atoms with E-state index in [1.807, 2.05) is 24.3 Å². The second-order valence-electron chi connectivity index (χ2n) is 5.42. The zero-order chi connectivity index (χ0) is 13.7. The van der Waals surface area contributed by atoms with Crippen LogP contribution in [0.5, 0.6) is 0 Å². The van der Waals surface area contributed by atoms with Gasteiger partial charge in [-0.1, -0.05) is 31.9 Å². The Bertz CT molecular complexity index is 413. The lowest BCUT2D eigenvalue weighted by molar-refractivity contribution is -0.132.